The van der Waals surface area contributed by atoms with E-state index in [2.05, 4.69) is 35.1 Å². The number of aryl methyl sites for hydroxylation is 3. The Labute approximate surface area is 166 Å². The molecule has 0 radical (unpaired) electrons. The molecule has 0 atom stereocenters. The van der Waals surface area contributed by atoms with Gasteiger partial charge in [0.1, 0.15) is 5.82 Å². The second-order valence-electron chi connectivity index (χ2n) is 9.95. The molecule has 28 heavy (non-hydrogen) atoms. The van der Waals surface area contributed by atoms with Crippen LogP contribution >= 0.6 is 0 Å². The molecular weight excluding hydrogens is 348 g/mol. The molecule has 4 saturated carbocycles. The first-order chi connectivity index (χ1) is 13.4. The van der Waals surface area contributed by atoms with Gasteiger partial charge in [-0.15, -0.1) is 0 Å². The van der Waals surface area contributed by atoms with Gasteiger partial charge in [-0.2, -0.15) is 0 Å². The highest BCUT2D eigenvalue weighted by molar-refractivity contribution is 5.87. The third-order valence-electron chi connectivity index (χ3n) is 7.70. The van der Waals surface area contributed by atoms with E-state index >= 15 is 0 Å². The predicted octanol–water partition coefficient (Wildman–Crippen LogP) is 5.54. The minimum Gasteiger partial charge on any atom is -0.476 e. The third kappa shape index (κ3) is 3.07. The molecule has 1 aromatic carbocycles. The van der Waals surface area contributed by atoms with E-state index < -0.39 is 5.97 Å². The van der Waals surface area contributed by atoms with Gasteiger partial charge in [0.2, 0.25) is 0 Å². The van der Waals surface area contributed by atoms with Crippen molar-refractivity contribution in [3.05, 3.63) is 40.7 Å². The van der Waals surface area contributed by atoms with E-state index in [0.717, 1.165) is 53.0 Å². The van der Waals surface area contributed by atoms with Gasteiger partial charge < -0.3 is 10.1 Å². The first kappa shape index (κ1) is 18.0. The highest BCUT2D eigenvalue weighted by Crippen LogP contribution is 2.61. The van der Waals surface area contributed by atoms with Crippen molar-refractivity contribution < 1.29 is 9.90 Å². The van der Waals surface area contributed by atoms with Crippen molar-refractivity contribution >= 4 is 5.97 Å². The van der Waals surface area contributed by atoms with Crippen LogP contribution in [0.4, 0.5) is 0 Å². The summed E-state index contributed by atoms with van der Waals surface area (Å²) in [5.74, 6) is 2.56. The molecule has 4 aliphatic carbocycles. The summed E-state index contributed by atoms with van der Waals surface area (Å²) in [5.41, 5.74) is 4.74. The Morgan fingerprint density at radius 1 is 1.14 bits per heavy atom. The quantitative estimate of drug-likeness (QED) is 0.718. The molecule has 0 saturated heterocycles. The molecule has 2 N–H and O–H groups in total. The Bertz CT molecular complexity index is 891. The first-order valence-electron chi connectivity index (χ1n) is 10.8. The van der Waals surface area contributed by atoms with Crippen LogP contribution in [0.3, 0.4) is 0 Å². The van der Waals surface area contributed by atoms with Crippen LogP contribution in [-0.2, 0) is 6.42 Å². The lowest BCUT2D eigenvalue weighted by molar-refractivity contribution is -0.0571. The van der Waals surface area contributed by atoms with Crippen LogP contribution in [0.5, 0.6) is 0 Å². The van der Waals surface area contributed by atoms with Gasteiger partial charge in [0.05, 0.1) is 0 Å². The van der Waals surface area contributed by atoms with Crippen molar-refractivity contribution in [1.29, 1.82) is 0 Å². The van der Waals surface area contributed by atoms with E-state index in [1.807, 2.05) is 6.92 Å². The molecule has 1 heterocycles. The summed E-state index contributed by atoms with van der Waals surface area (Å²) in [5, 5.41) is 9.73. The van der Waals surface area contributed by atoms with Crippen LogP contribution in [0.15, 0.2) is 18.2 Å². The van der Waals surface area contributed by atoms with E-state index in [-0.39, 0.29) is 5.69 Å². The van der Waals surface area contributed by atoms with E-state index in [4.69, 9.17) is 0 Å². The number of nitrogens with one attached hydrogen (secondary N) is 1. The van der Waals surface area contributed by atoms with Crippen LogP contribution in [-0.4, -0.2) is 21.0 Å². The van der Waals surface area contributed by atoms with E-state index in [1.54, 1.807) is 0 Å². The van der Waals surface area contributed by atoms with Crippen LogP contribution in [0, 0.1) is 37.0 Å². The zero-order valence-corrected chi connectivity index (χ0v) is 16.9. The number of nitrogens with zero attached hydrogens (tertiary/aromatic N) is 1. The minimum absolute atomic E-state index is 0.209. The van der Waals surface area contributed by atoms with Crippen LogP contribution in [0.2, 0.25) is 0 Å². The number of rotatable bonds is 5. The van der Waals surface area contributed by atoms with Gasteiger partial charge in [0, 0.05) is 11.3 Å². The van der Waals surface area contributed by atoms with E-state index in [1.165, 1.54) is 38.5 Å². The van der Waals surface area contributed by atoms with Crippen molar-refractivity contribution in [2.24, 2.45) is 23.2 Å². The maximum absolute atomic E-state index is 11.9. The van der Waals surface area contributed by atoms with Gasteiger partial charge in [0.25, 0.3) is 0 Å². The van der Waals surface area contributed by atoms with Crippen LogP contribution < -0.4 is 0 Å². The van der Waals surface area contributed by atoms with Gasteiger partial charge in [-0.3, -0.25) is 0 Å². The molecule has 6 rings (SSSR count). The molecule has 2 aromatic rings. The molecule has 0 aliphatic heterocycles. The average Bonchev–Trinajstić information content (AvgIpc) is 3.05. The molecular formula is C24H30N2O2. The molecule has 0 unspecified atom stereocenters. The smallest absolute Gasteiger partial charge is 0.356 e. The predicted molar refractivity (Wildman–Crippen MR) is 109 cm³/mol. The largest absolute Gasteiger partial charge is 0.476 e. The van der Waals surface area contributed by atoms with E-state index in [9.17, 15) is 9.90 Å². The Morgan fingerprint density at radius 3 is 2.39 bits per heavy atom. The number of hydrogen-bond acceptors (Lipinski definition) is 2. The number of aromatic nitrogens is 2. The fourth-order valence-electron chi connectivity index (χ4n) is 6.87. The summed E-state index contributed by atoms with van der Waals surface area (Å²) in [6.45, 7) is 4.10. The topological polar surface area (TPSA) is 66.0 Å². The number of carboxylic acid groups (broad SMARTS) is 1. The van der Waals surface area contributed by atoms with Crippen LogP contribution in [0.25, 0.3) is 11.4 Å². The molecule has 4 heteroatoms. The average molecular weight is 379 g/mol. The highest BCUT2D eigenvalue weighted by atomic mass is 16.4. The summed E-state index contributed by atoms with van der Waals surface area (Å²) < 4.78 is 0. The molecule has 0 amide bonds. The van der Waals surface area contributed by atoms with Crippen molar-refractivity contribution in [3.8, 4) is 11.4 Å². The molecule has 4 nitrogen and oxygen atoms in total. The number of aromatic carboxylic acids is 1. The van der Waals surface area contributed by atoms with Crippen molar-refractivity contribution in [2.75, 3.05) is 0 Å². The van der Waals surface area contributed by atoms with Crippen molar-refractivity contribution in [2.45, 2.75) is 65.2 Å². The zero-order valence-electron chi connectivity index (χ0n) is 16.9. The van der Waals surface area contributed by atoms with Crippen LogP contribution in [0.1, 0.15) is 72.3 Å². The number of carbonyl (C=O) groups is 1. The van der Waals surface area contributed by atoms with E-state index in [0.29, 0.717) is 11.2 Å². The third-order valence-corrected chi connectivity index (χ3v) is 7.70. The summed E-state index contributed by atoms with van der Waals surface area (Å²) in [6.07, 6.45) is 10.3. The number of hydrogen-bond donors (Lipinski definition) is 2. The standard InChI is InChI=1S/C24H30N2O2/c1-14-3-4-15(2)19(7-14)22-25-20(21(26-22)23(27)28)5-6-24-11-16-8-17(12-24)10-18(9-16)13-24/h3-4,7,16-18H,5-6,8-13H2,1-2H3,(H,25,26)(H,27,28). The lowest BCUT2D eigenvalue weighted by Gasteiger charge is -2.57. The van der Waals surface area contributed by atoms with Gasteiger partial charge in [-0.05, 0) is 100 Å². The lowest BCUT2D eigenvalue weighted by atomic mass is 9.48. The summed E-state index contributed by atoms with van der Waals surface area (Å²) in [6, 6.07) is 6.24. The van der Waals surface area contributed by atoms with Gasteiger partial charge in [-0.1, -0.05) is 17.7 Å². The number of imidazole rings is 1. The second kappa shape index (κ2) is 6.47. The fourth-order valence-corrected chi connectivity index (χ4v) is 6.87. The Morgan fingerprint density at radius 2 is 1.79 bits per heavy atom. The maximum Gasteiger partial charge on any atom is 0.356 e. The number of H-pyrrole nitrogens is 1. The SMILES string of the molecule is Cc1ccc(C)c(-c2nc(C(=O)O)c(CCC34CC5CC(CC(C5)C3)C4)[nH]2)c1. The zero-order chi connectivity index (χ0) is 19.5. The molecule has 148 valence electrons. The molecule has 4 fully saturated rings. The Hall–Kier alpha value is -2.10. The monoisotopic (exact) mass is 378 g/mol. The van der Waals surface area contributed by atoms with Gasteiger partial charge in [0.15, 0.2) is 5.69 Å². The Balaban J connectivity index is 1.41. The number of carboxylic acids is 1. The minimum atomic E-state index is -0.923. The van der Waals surface area contributed by atoms with Crippen molar-refractivity contribution in [1.82, 2.24) is 9.97 Å². The normalized spacial score (nSPS) is 30.7. The number of aromatic amines is 1. The molecule has 4 bridgehead atoms. The van der Waals surface area contributed by atoms with Crippen molar-refractivity contribution in [3.63, 3.8) is 0 Å². The Kier molecular flexibility index (Phi) is 4.15. The fraction of sp³-hybridized carbons (Fsp3) is 0.583. The molecule has 4 aliphatic rings. The lowest BCUT2D eigenvalue weighted by Crippen LogP contribution is -2.46. The summed E-state index contributed by atoms with van der Waals surface area (Å²) >= 11 is 0. The second-order valence-corrected chi connectivity index (χ2v) is 9.95. The highest BCUT2D eigenvalue weighted by Gasteiger charge is 2.50. The summed E-state index contributed by atoms with van der Waals surface area (Å²) in [7, 11) is 0. The van der Waals surface area contributed by atoms with Gasteiger partial charge >= 0.3 is 5.97 Å². The first-order valence-corrected chi connectivity index (χ1v) is 10.8. The molecule has 0 spiro atoms. The maximum atomic E-state index is 11.9. The summed E-state index contributed by atoms with van der Waals surface area (Å²) in [4.78, 5) is 19.7. The molecule has 1 aromatic heterocycles. The van der Waals surface area contributed by atoms with Gasteiger partial charge in [-0.25, -0.2) is 9.78 Å². The number of benzene rings is 1.